The van der Waals surface area contributed by atoms with Crippen LogP contribution < -0.4 is 14.2 Å². The van der Waals surface area contributed by atoms with Crippen LogP contribution in [0.1, 0.15) is 43.3 Å². The first kappa shape index (κ1) is 18.5. The van der Waals surface area contributed by atoms with Gasteiger partial charge in [0.1, 0.15) is 5.75 Å². The van der Waals surface area contributed by atoms with Gasteiger partial charge in [0, 0.05) is 12.0 Å². The Balaban J connectivity index is 1.79. The lowest BCUT2D eigenvalue weighted by atomic mass is 9.86. The number of phenols is 1. The minimum atomic E-state index is -0.503. The van der Waals surface area contributed by atoms with Gasteiger partial charge in [-0.1, -0.05) is 11.2 Å². The number of hydrogen-bond acceptors (Lipinski definition) is 8. The third-order valence-electron chi connectivity index (χ3n) is 4.81. The van der Waals surface area contributed by atoms with E-state index in [0.29, 0.717) is 22.8 Å². The smallest absolute Gasteiger partial charge is 0.232 e. The van der Waals surface area contributed by atoms with Gasteiger partial charge >= 0.3 is 0 Å². The third-order valence-corrected chi connectivity index (χ3v) is 4.81. The number of aromatic nitrogens is 1. The number of carbonyl (C=O) groups excluding carboxylic acids is 2. The van der Waals surface area contributed by atoms with Crippen molar-refractivity contribution in [2.24, 2.45) is 0 Å². The maximum absolute atomic E-state index is 13.0. The molecule has 0 saturated carbocycles. The molecule has 1 heterocycles. The highest BCUT2D eigenvalue weighted by Crippen LogP contribution is 2.40. The molecule has 1 aliphatic rings. The first-order valence-corrected chi connectivity index (χ1v) is 8.69. The number of ketones is 2. The second-order valence-electron chi connectivity index (χ2n) is 6.40. The highest BCUT2D eigenvalue weighted by atomic mass is 16.5. The molecule has 0 unspecified atom stereocenters. The van der Waals surface area contributed by atoms with Crippen molar-refractivity contribution in [3.05, 3.63) is 64.0 Å². The molecule has 1 aliphatic carbocycles. The minimum Gasteiger partial charge on any atom is -0.507 e. The fourth-order valence-electron chi connectivity index (χ4n) is 3.48. The molecule has 0 aliphatic heterocycles. The number of fused-ring (bicyclic) bond motifs is 2. The molecule has 0 spiro atoms. The average molecular weight is 395 g/mol. The maximum atomic E-state index is 13.0. The second-order valence-corrected chi connectivity index (χ2v) is 6.40. The van der Waals surface area contributed by atoms with E-state index >= 15 is 0 Å². The summed E-state index contributed by atoms with van der Waals surface area (Å²) in [4.78, 5) is 25.7. The fraction of sp³-hybridized carbons (Fsp3) is 0.190. The topological polar surface area (TPSA) is 108 Å². The lowest BCUT2D eigenvalue weighted by Crippen LogP contribution is -2.20. The summed E-state index contributed by atoms with van der Waals surface area (Å²) >= 11 is 0. The lowest BCUT2D eigenvalue weighted by molar-refractivity contribution is 0.0952. The molecule has 148 valence electrons. The highest BCUT2D eigenvalue weighted by Gasteiger charge is 2.38. The van der Waals surface area contributed by atoms with E-state index in [9.17, 15) is 14.7 Å². The minimum absolute atomic E-state index is 0.0423. The van der Waals surface area contributed by atoms with E-state index in [1.54, 1.807) is 12.1 Å². The first-order valence-electron chi connectivity index (χ1n) is 8.69. The SMILES string of the molecule is COc1cc(Cc2noc3c2C(=O)c2c(O)cccc2C3=O)cc(OC)c1OC. The number of ether oxygens (including phenoxy) is 3. The summed E-state index contributed by atoms with van der Waals surface area (Å²) in [7, 11) is 4.50. The van der Waals surface area contributed by atoms with E-state index in [2.05, 4.69) is 5.16 Å². The van der Waals surface area contributed by atoms with Crippen LogP contribution in [0.15, 0.2) is 34.9 Å². The van der Waals surface area contributed by atoms with Crippen molar-refractivity contribution in [2.75, 3.05) is 21.3 Å². The van der Waals surface area contributed by atoms with Crippen LogP contribution in [0.4, 0.5) is 0 Å². The van der Waals surface area contributed by atoms with Crippen molar-refractivity contribution in [2.45, 2.75) is 6.42 Å². The zero-order chi connectivity index (χ0) is 20.7. The van der Waals surface area contributed by atoms with Crippen LogP contribution in [0, 0.1) is 0 Å². The Bertz CT molecular complexity index is 1120. The summed E-state index contributed by atoms with van der Waals surface area (Å²) in [6.45, 7) is 0. The predicted molar refractivity (Wildman–Crippen MR) is 100 cm³/mol. The van der Waals surface area contributed by atoms with E-state index in [1.807, 2.05) is 0 Å². The standard InChI is InChI=1S/C21H17NO7/c1-26-14-8-10(9-15(27-2)20(14)28-3)7-12-17-19(25)16-11(5-4-6-13(16)23)18(24)21(17)29-22-12/h4-6,8-9,23H,7H2,1-3H3. The Kier molecular flexibility index (Phi) is 4.46. The molecule has 4 rings (SSSR count). The molecule has 1 N–H and O–H groups in total. The number of hydrogen-bond donors (Lipinski definition) is 1. The largest absolute Gasteiger partial charge is 0.507 e. The van der Waals surface area contributed by atoms with Gasteiger partial charge in [-0.15, -0.1) is 0 Å². The quantitative estimate of drug-likeness (QED) is 0.550. The molecular formula is C21H17NO7. The fourth-order valence-corrected chi connectivity index (χ4v) is 3.48. The highest BCUT2D eigenvalue weighted by molar-refractivity contribution is 6.28. The van der Waals surface area contributed by atoms with Gasteiger partial charge in [0.05, 0.1) is 38.2 Å². The zero-order valence-corrected chi connectivity index (χ0v) is 15.9. The summed E-state index contributed by atoms with van der Waals surface area (Å²) in [6, 6.07) is 7.78. The van der Waals surface area contributed by atoms with E-state index in [4.69, 9.17) is 18.7 Å². The Hall–Kier alpha value is -3.81. The van der Waals surface area contributed by atoms with Gasteiger partial charge < -0.3 is 23.8 Å². The van der Waals surface area contributed by atoms with Crippen LogP contribution in [0.25, 0.3) is 0 Å². The Morgan fingerprint density at radius 2 is 1.66 bits per heavy atom. The van der Waals surface area contributed by atoms with E-state index in [-0.39, 0.29) is 40.3 Å². The van der Waals surface area contributed by atoms with Crippen molar-refractivity contribution >= 4 is 11.6 Å². The monoisotopic (exact) mass is 395 g/mol. The molecular weight excluding hydrogens is 378 g/mol. The molecule has 2 aromatic carbocycles. The third kappa shape index (κ3) is 2.80. The Morgan fingerprint density at radius 1 is 0.966 bits per heavy atom. The van der Waals surface area contributed by atoms with Crippen molar-refractivity contribution in [3.63, 3.8) is 0 Å². The van der Waals surface area contributed by atoms with E-state index in [1.165, 1.54) is 39.5 Å². The molecule has 8 nitrogen and oxygen atoms in total. The van der Waals surface area contributed by atoms with Crippen LogP contribution in [-0.4, -0.2) is 43.2 Å². The average Bonchev–Trinajstić information content (AvgIpc) is 3.15. The lowest BCUT2D eigenvalue weighted by Gasteiger charge is -2.15. The summed E-state index contributed by atoms with van der Waals surface area (Å²) in [5.41, 5.74) is 1.09. The van der Waals surface area contributed by atoms with Crippen LogP contribution in [0.5, 0.6) is 23.0 Å². The summed E-state index contributed by atoms with van der Waals surface area (Å²) < 4.78 is 21.2. The molecule has 0 saturated heterocycles. The van der Waals surface area contributed by atoms with Crippen molar-refractivity contribution < 1.29 is 33.4 Å². The summed E-state index contributed by atoms with van der Waals surface area (Å²) in [5.74, 6) is -0.0484. The molecule has 29 heavy (non-hydrogen) atoms. The van der Waals surface area contributed by atoms with Gasteiger partial charge in [0.15, 0.2) is 11.5 Å². The van der Waals surface area contributed by atoms with E-state index in [0.717, 1.165) is 0 Å². The predicted octanol–water partition coefficient (Wildman–Crippen LogP) is 2.77. The maximum Gasteiger partial charge on any atom is 0.232 e. The molecule has 8 heteroatoms. The van der Waals surface area contributed by atoms with Crippen LogP contribution in [0.3, 0.4) is 0 Å². The van der Waals surface area contributed by atoms with Gasteiger partial charge in [-0.05, 0) is 29.8 Å². The Labute approximate surface area is 165 Å². The number of methoxy groups -OCH3 is 3. The van der Waals surface area contributed by atoms with E-state index < -0.39 is 11.6 Å². The Morgan fingerprint density at radius 3 is 2.28 bits per heavy atom. The number of aromatic hydroxyl groups is 1. The van der Waals surface area contributed by atoms with Crippen LogP contribution in [0.2, 0.25) is 0 Å². The number of phenolic OH excluding ortho intramolecular Hbond substituents is 1. The molecule has 0 atom stereocenters. The molecule has 1 aromatic heterocycles. The molecule has 0 radical (unpaired) electrons. The number of rotatable bonds is 5. The van der Waals surface area contributed by atoms with Gasteiger partial charge in [0.2, 0.25) is 23.1 Å². The summed E-state index contributed by atoms with van der Waals surface area (Å²) in [5, 5.41) is 14.1. The molecule has 0 fully saturated rings. The van der Waals surface area contributed by atoms with Gasteiger partial charge in [0.25, 0.3) is 0 Å². The van der Waals surface area contributed by atoms with Crippen LogP contribution >= 0.6 is 0 Å². The van der Waals surface area contributed by atoms with Gasteiger partial charge in [-0.3, -0.25) is 9.59 Å². The van der Waals surface area contributed by atoms with Crippen molar-refractivity contribution in [1.82, 2.24) is 5.16 Å². The zero-order valence-electron chi connectivity index (χ0n) is 15.9. The molecule has 3 aromatic rings. The number of nitrogens with zero attached hydrogens (tertiary/aromatic N) is 1. The normalized spacial score (nSPS) is 12.4. The number of carbonyl (C=O) groups is 2. The molecule has 0 amide bonds. The second kappa shape index (κ2) is 6.97. The van der Waals surface area contributed by atoms with Gasteiger partial charge in [-0.2, -0.15) is 0 Å². The number of benzene rings is 2. The molecule has 0 bridgehead atoms. The van der Waals surface area contributed by atoms with Crippen molar-refractivity contribution in [3.8, 4) is 23.0 Å². The first-order chi connectivity index (χ1) is 14.0. The van der Waals surface area contributed by atoms with Crippen molar-refractivity contribution in [1.29, 1.82) is 0 Å². The summed E-state index contributed by atoms with van der Waals surface area (Å²) in [6.07, 6.45) is 0.178. The van der Waals surface area contributed by atoms with Crippen LogP contribution in [-0.2, 0) is 6.42 Å². The van der Waals surface area contributed by atoms with Gasteiger partial charge in [-0.25, -0.2) is 0 Å².